The Kier molecular flexibility index (Phi) is 5.80. The van der Waals surface area contributed by atoms with Gasteiger partial charge in [-0.15, -0.1) is 0 Å². The van der Waals surface area contributed by atoms with Crippen LogP contribution in [0.3, 0.4) is 0 Å². The van der Waals surface area contributed by atoms with Crippen molar-refractivity contribution in [3.8, 4) is 16.9 Å². The number of carbonyl (C=O) groups excluding carboxylic acids is 1. The molecule has 1 N–H and O–H groups in total. The normalized spacial score (nSPS) is 11.3. The number of amides is 1. The molecule has 5 rings (SSSR count). The molecule has 0 spiro atoms. The summed E-state index contributed by atoms with van der Waals surface area (Å²) in [6.07, 6.45) is 4.22. The summed E-state index contributed by atoms with van der Waals surface area (Å²) in [4.78, 5) is 22.1. The van der Waals surface area contributed by atoms with Gasteiger partial charge in [-0.25, -0.2) is 23.9 Å². The first kappa shape index (κ1) is 22.0. The van der Waals surface area contributed by atoms with Crippen LogP contribution in [0, 0.1) is 18.6 Å². The molecule has 2 aromatic carbocycles. The highest BCUT2D eigenvalue weighted by Gasteiger charge is 2.21. The lowest BCUT2D eigenvalue weighted by Gasteiger charge is -2.08. The molecular formula is C26H18F2N6O. The number of benzene rings is 2. The van der Waals surface area contributed by atoms with Gasteiger partial charge in [0.25, 0.3) is 5.91 Å². The van der Waals surface area contributed by atoms with Crippen LogP contribution in [-0.4, -0.2) is 31.9 Å². The molecule has 0 bridgehead atoms. The fraction of sp³-hybridized carbons (Fsp3) is 0.0385. The number of hydrogen-bond acceptors (Lipinski definition) is 5. The van der Waals surface area contributed by atoms with Crippen molar-refractivity contribution in [2.45, 2.75) is 6.92 Å². The summed E-state index contributed by atoms with van der Waals surface area (Å²) in [7, 11) is 0. The van der Waals surface area contributed by atoms with Crippen molar-refractivity contribution >= 4 is 23.2 Å². The molecule has 172 valence electrons. The maximum absolute atomic E-state index is 13.9. The molecule has 9 heteroatoms. The molecule has 0 aliphatic rings. The predicted molar refractivity (Wildman–Crippen MR) is 128 cm³/mol. The second-order valence-electron chi connectivity index (χ2n) is 7.66. The predicted octanol–water partition coefficient (Wildman–Crippen LogP) is 4.83. The lowest BCUT2D eigenvalue weighted by Crippen LogP contribution is -2.19. The lowest BCUT2D eigenvalue weighted by molar-refractivity contribution is 0.0956. The molecule has 0 saturated heterocycles. The van der Waals surface area contributed by atoms with E-state index in [1.807, 2.05) is 36.4 Å². The van der Waals surface area contributed by atoms with E-state index >= 15 is 0 Å². The van der Waals surface area contributed by atoms with E-state index in [4.69, 9.17) is 4.98 Å². The third-order valence-electron chi connectivity index (χ3n) is 5.37. The van der Waals surface area contributed by atoms with E-state index in [0.717, 1.165) is 24.0 Å². The van der Waals surface area contributed by atoms with Crippen molar-refractivity contribution in [3.63, 3.8) is 0 Å². The van der Waals surface area contributed by atoms with Crippen molar-refractivity contribution in [1.29, 1.82) is 0 Å². The molecule has 35 heavy (non-hydrogen) atoms. The van der Waals surface area contributed by atoms with Gasteiger partial charge in [0, 0.05) is 18.0 Å². The number of nitrogens with zero attached hydrogens (tertiary/aromatic N) is 5. The van der Waals surface area contributed by atoms with Gasteiger partial charge in [-0.2, -0.15) is 10.2 Å². The van der Waals surface area contributed by atoms with Crippen LogP contribution in [0.4, 0.5) is 8.78 Å². The summed E-state index contributed by atoms with van der Waals surface area (Å²) in [5.74, 6) is -2.15. The van der Waals surface area contributed by atoms with Gasteiger partial charge in [-0.05, 0) is 49.4 Å². The Balaban J connectivity index is 1.61. The molecule has 1 amide bonds. The molecule has 0 fully saturated rings. The smallest absolute Gasteiger partial charge is 0.267 e. The Morgan fingerprint density at radius 3 is 2.51 bits per heavy atom. The van der Waals surface area contributed by atoms with Gasteiger partial charge in [0.05, 0.1) is 39.8 Å². The van der Waals surface area contributed by atoms with Crippen molar-refractivity contribution in [2.24, 2.45) is 5.10 Å². The zero-order valence-corrected chi connectivity index (χ0v) is 18.5. The van der Waals surface area contributed by atoms with Gasteiger partial charge in [0.15, 0.2) is 5.65 Å². The summed E-state index contributed by atoms with van der Waals surface area (Å²) >= 11 is 0. The van der Waals surface area contributed by atoms with Crippen molar-refractivity contribution in [3.05, 3.63) is 108 Å². The van der Waals surface area contributed by atoms with Crippen LogP contribution in [-0.2, 0) is 0 Å². The molecular weight excluding hydrogens is 450 g/mol. The van der Waals surface area contributed by atoms with Crippen LogP contribution in [0.5, 0.6) is 0 Å². The van der Waals surface area contributed by atoms with Crippen molar-refractivity contribution in [1.82, 2.24) is 25.2 Å². The molecule has 0 unspecified atom stereocenters. The largest absolute Gasteiger partial charge is 0.272 e. The molecule has 3 heterocycles. The fourth-order valence-corrected chi connectivity index (χ4v) is 3.73. The maximum atomic E-state index is 13.9. The first-order valence-corrected chi connectivity index (χ1v) is 10.7. The van der Waals surface area contributed by atoms with E-state index in [1.54, 1.807) is 36.1 Å². The van der Waals surface area contributed by atoms with Gasteiger partial charge in [0.2, 0.25) is 0 Å². The third-order valence-corrected chi connectivity index (χ3v) is 5.37. The minimum Gasteiger partial charge on any atom is -0.267 e. The topological polar surface area (TPSA) is 85.1 Å². The summed E-state index contributed by atoms with van der Waals surface area (Å²) in [6, 6.07) is 18.1. The Bertz CT molecular complexity index is 1550. The monoisotopic (exact) mass is 468 g/mol. The van der Waals surface area contributed by atoms with Crippen LogP contribution in [0.15, 0.2) is 84.2 Å². The van der Waals surface area contributed by atoms with Crippen LogP contribution in [0.1, 0.15) is 21.6 Å². The van der Waals surface area contributed by atoms with Gasteiger partial charge < -0.3 is 0 Å². The average molecular weight is 468 g/mol. The number of carbonyl (C=O) groups is 1. The third kappa shape index (κ3) is 4.26. The van der Waals surface area contributed by atoms with E-state index in [1.165, 1.54) is 6.07 Å². The lowest BCUT2D eigenvalue weighted by atomic mass is 10.1. The number of hydrogen-bond donors (Lipinski definition) is 1. The molecule has 0 saturated carbocycles. The van der Waals surface area contributed by atoms with E-state index in [-0.39, 0.29) is 11.1 Å². The average Bonchev–Trinajstić information content (AvgIpc) is 3.22. The zero-order chi connectivity index (χ0) is 24.4. The van der Waals surface area contributed by atoms with E-state index in [2.05, 4.69) is 20.6 Å². The Hall–Kier alpha value is -4.79. The summed E-state index contributed by atoms with van der Waals surface area (Å²) in [6.45, 7) is 1.78. The molecule has 0 radical (unpaired) electrons. The Morgan fingerprint density at radius 1 is 1.03 bits per heavy atom. The Labute approximate surface area is 198 Å². The van der Waals surface area contributed by atoms with E-state index in [9.17, 15) is 13.6 Å². The molecule has 0 aliphatic carbocycles. The number of hydrazone groups is 1. The first-order valence-electron chi connectivity index (χ1n) is 10.7. The minimum absolute atomic E-state index is 0.264. The number of fused-ring (bicyclic) bond motifs is 1. The van der Waals surface area contributed by atoms with E-state index in [0.29, 0.717) is 28.0 Å². The minimum atomic E-state index is -0.784. The number of para-hydroxylation sites is 1. The SMILES string of the molecule is Cc1nn(-c2ccccc2)c2nc(-c3cccnc3)cc(C(=O)N/N=C/c3c(F)cccc3F)c12. The van der Waals surface area contributed by atoms with Gasteiger partial charge in [-0.1, -0.05) is 24.3 Å². The van der Waals surface area contributed by atoms with Gasteiger partial charge in [-0.3, -0.25) is 9.78 Å². The van der Waals surface area contributed by atoms with Gasteiger partial charge in [0.1, 0.15) is 11.6 Å². The number of halogens is 2. The highest BCUT2D eigenvalue weighted by molar-refractivity contribution is 6.08. The number of pyridine rings is 2. The second-order valence-corrected chi connectivity index (χ2v) is 7.66. The standard InChI is InChI=1S/C26H18F2N6O/c1-16-24-19(26(35)32-30-15-20-21(27)10-5-11-22(20)28)13-23(17-7-6-12-29-14-17)31-25(24)34(33-16)18-8-3-2-4-9-18/h2-15H,1H3,(H,32,35)/b30-15+. The van der Waals surface area contributed by atoms with Gasteiger partial charge >= 0.3 is 0 Å². The van der Waals surface area contributed by atoms with Crippen LogP contribution in [0.2, 0.25) is 0 Å². The maximum Gasteiger partial charge on any atom is 0.272 e. The number of aromatic nitrogens is 4. The van der Waals surface area contributed by atoms with Crippen LogP contribution < -0.4 is 5.43 Å². The fourth-order valence-electron chi connectivity index (χ4n) is 3.73. The molecule has 7 nitrogen and oxygen atoms in total. The molecule has 3 aromatic heterocycles. The summed E-state index contributed by atoms with van der Waals surface area (Å²) in [5.41, 5.74) is 5.34. The number of aryl methyl sites for hydroxylation is 1. The highest BCUT2D eigenvalue weighted by atomic mass is 19.1. The van der Waals surface area contributed by atoms with Crippen LogP contribution >= 0.6 is 0 Å². The van der Waals surface area contributed by atoms with Crippen molar-refractivity contribution < 1.29 is 13.6 Å². The van der Waals surface area contributed by atoms with Crippen molar-refractivity contribution in [2.75, 3.05) is 0 Å². The molecule has 0 atom stereocenters. The van der Waals surface area contributed by atoms with Crippen LogP contribution in [0.25, 0.3) is 28.0 Å². The first-order chi connectivity index (χ1) is 17.0. The summed E-state index contributed by atoms with van der Waals surface area (Å²) < 4.78 is 29.5. The highest BCUT2D eigenvalue weighted by Crippen LogP contribution is 2.28. The number of nitrogens with one attached hydrogen (secondary N) is 1. The number of rotatable bonds is 5. The Morgan fingerprint density at radius 2 is 1.80 bits per heavy atom. The molecule has 5 aromatic rings. The van der Waals surface area contributed by atoms with E-state index < -0.39 is 17.5 Å². The zero-order valence-electron chi connectivity index (χ0n) is 18.5. The summed E-state index contributed by atoms with van der Waals surface area (Å²) in [5, 5.41) is 8.92. The molecule has 0 aliphatic heterocycles. The quantitative estimate of drug-likeness (QED) is 0.296. The second kappa shape index (κ2) is 9.22.